The normalized spacial score (nSPS) is 12.3. The fourth-order valence-corrected chi connectivity index (χ4v) is 1.38. The van der Waals surface area contributed by atoms with Gasteiger partial charge in [-0.05, 0) is 18.1 Å². The van der Waals surface area contributed by atoms with Crippen molar-refractivity contribution in [3.05, 3.63) is 34.1 Å². The van der Waals surface area contributed by atoms with Crippen LogP contribution in [-0.2, 0) is 4.79 Å². The highest BCUT2D eigenvalue weighted by atomic mass is 79.9. The average Bonchev–Trinajstić information content (AvgIpc) is 2.29. The van der Waals surface area contributed by atoms with Gasteiger partial charge in [0.2, 0.25) is 5.91 Å². The molecule has 0 aliphatic rings. The van der Waals surface area contributed by atoms with E-state index in [-0.39, 0.29) is 11.6 Å². The van der Waals surface area contributed by atoms with Crippen molar-refractivity contribution < 1.29 is 14.1 Å². The van der Waals surface area contributed by atoms with Crippen LogP contribution in [0.4, 0.5) is 15.8 Å². The van der Waals surface area contributed by atoms with Crippen LogP contribution in [0.1, 0.15) is 13.8 Å². The summed E-state index contributed by atoms with van der Waals surface area (Å²) in [7, 11) is 0. The lowest BCUT2D eigenvalue weighted by atomic mass is 10.1. The van der Waals surface area contributed by atoms with Crippen LogP contribution in [0, 0.1) is 21.8 Å². The summed E-state index contributed by atoms with van der Waals surface area (Å²) in [6, 6.07) is 3.00. The first kappa shape index (κ1) is 14.6. The lowest BCUT2D eigenvalue weighted by molar-refractivity contribution is -0.384. The monoisotopic (exact) mass is 318 g/mol. The number of nitrogens with zero attached hydrogens (tertiary/aromatic N) is 1. The number of nitrogens with one attached hydrogen (secondary N) is 1. The second kappa shape index (κ2) is 5.90. The summed E-state index contributed by atoms with van der Waals surface area (Å²) in [5.74, 6) is -1.09. The Morgan fingerprint density at radius 1 is 1.50 bits per heavy atom. The van der Waals surface area contributed by atoms with Gasteiger partial charge in [0, 0.05) is 0 Å². The third kappa shape index (κ3) is 3.49. The Bertz CT molecular complexity index is 479. The first-order chi connectivity index (χ1) is 8.32. The fourth-order valence-electron chi connectivity index (χ4n) is 1.27. The Kier molecular flexibility index (Phi) is 4.77. The van der Waals surface area contributed by atoms with E-state index in [9.17, 15) is 19.3 Å². The van der Waals surface area contributed by atoms with Gasteiger partial charge in [-0.25, -0.2) is 4.39 Å². The van der Waals surface area contributed by atoms with Gasteiger partial charge in [0.05, 0.1) is 15.8 Å². The van der Waals surface area contributed by atoms with Crippen molar-refractivity contribution in [1.29, 1.82) is 0 Å². The van der Waals surface area contributed by atoms with Crippen LogP contribution >= 0.6 is 15.9 Å². The number of carbonyl (C=O) groups is 1. The molecule has 98 valence electrons. The van der Waals surface area contributed by atoms with Gasteiger partial charge in [0.1, 0.15) is 11.5 Å². The molecule has 0 aliphatic heterocycles. The van der Waals surface area contributed by atoms with E-state index in [0.717, 1.165) is 12.1 Å². The average molecular weight is 319 g/mol. The first-order valence-corrected chi connectivity index (χ1v) is 6.13. The molecule has 0 aromatic heterocycles. The van der Waals surface area contributed by atoms with Crippen LogP contribution in [0.15, 0.2) is 18.2 Å². The molecule has 1 atom stereocenters. The van der Waals surface area contributed by atoms with Gasteiger partial charge in [-0.3, -0.25) is 14.9 Å². The maximum Gasteiger partial charge on any atom is 0.295 e. The lowest BCUT2D eigenvalue weighted by Crippen LogP contribution is -2.27. The number of hydrogen-bond donors (Lipinski definition) is 1. The van der Waals surface area contributed by atoms with Crippen molar-refractivity contribution in [1.82, 2.24) is 0 Å². The van der Waals surface area contributed by atoms with Gasteiger partial charge in [-0.1, -0.05) is 29.8 Å². The van der Waals surface area contributed by atoms with Crippen LogP contribution in [-0.4, -0.2) is 15.7 Å². The molecule has 0 aliphatic carbocycles. The Morgan fingerprint density at radius 2 is 2.11 bits per heavy atom. The Labute approximate surface area is 112 Å². The van der Waals surface area contributed by atoms with E-state index < -0.39 is 27.2 Å². The first-order valence-electron chi connectivity index (χ1n) is 5.21. The molecule has 1 rings (SSSR count). The third-order valence-electron chi connectivity index (χ3n) is 2.25. The van der Waals surface area contributed by atoms with Gasteiger partial charge >= 0.3 is 0 Å². The zero-order valence-corrected chi connectivity index (χ0v) is 11.4. The van der Waals surface area contributed by atoms with E-state index in [1.165, 1.54) is 6.07 Å². The lowest BCUT2D eigenvalue weighted by Gasteiger charge is -2.13. The minimum Gasteiger partial charge on any atom is -0.319 e. The van der Waals surface area contributed by atoms with Gasteiger partial charge in [0.25, 0.3) is 5.69 Å². The van der Waals surface area contributed by atoms with E-state index in [1.54, 1.807) is 0 Å². The zero-order valence-electron chi connectivity index (χ0n) is 9.81. The van der Waals surface area contributed by atoms with Crippen LogP contribution in [0.3, 0.4) is 0 Å². The van der Waals surface area contributed by atoms with Crippen LogP contribution in [0.2, 0.25) is 0 Å². The van der Waals surface area contributed by atoms with Gasteiger partial charge in [-0.15, -0.1) is 0 Å². The van der Waals surface area contributed by atoms with Crippen molar-refractivity contribution in [3.63, 3.8) is 0 Å². The van der Waals surface area contributed by atoms with Gasteiger partial charge < -0.3 is 5.32 Å². The standard InChI is InChI=1S/C11H12BrFN2O3/c1-6(2)10(12)11(16)14-8-4-3-7(13)5-9(8)15(17)18/h3-6,10H,1-2H3,(H,14,16). The molecule has 1 aromatic rings. The summed E-state index contributed by atoms with van der Waals surface area (Å²) in [6.45, 7) is 3.66. The molecule has 1 amide bonds. The minimum absolute atomic E-state index is 0.0171. The van der Waals surface area contributed by atoms with Crippen molar-refractivity contribution in [3.8, 4) is 0 Å². The highest BCUT2D eigenvalue weighted by Crippen LogP contribution is 2.26. The van der Waals surface area contributed by atoms with E-state index in [4.69, 9.17) is 0 Å². The molecule has 0 saturated carbocycles. The molecular weight excluding hydrogens is 307 g/mol. The summed E-state index contributed by atoms with van der Waals surface area (Å²) in [5, 5.41) is 13.1. The number of rotatable bonds is 4. The van der Waals surface area contributed by atoms with Crippen molar-refractivity contribution >= 4 is 33.2 Å². The molecule has 0 radical (unpaired) electrons. The number of anilines is 1. The maximum absolute atomic E-state index is 12.9. The van der Waals surface area contributed by atoms with Crippen LogP contribution in [0.5, 0.6) is 0 Å². The van der Waals surface area contributed by atoms with Crippen LogP contribution < -0.4 is 5.32 Å². The minimum atomic E-state index is -0.739. The molecular formula is C11H12BrFN2O3. The van der Waals surface area contributed by atoms with Crippen LogP contribution in [0.25, 0.3) is 0 Å². The summed E-state index contributed by atoms with van der Waals surface area (Å²) in [6.07, 6.45) is 0. The Morgan fingerprint density at radius 3 is 2.61 bits per heavy atom. The number of carbonyl (C=O) groups excluding carboxylic acids is 1. The molecule has 1 aromatic carbocycles. The molecule has 0 bridgehead atoms. The number of nitro groups is 1. The Hall–Kier alpha value is -1.50. The number of benzene rings is 1. The number of hydrogen-bond acceptors (Lipinski definition) is 3. The molecule has 5 nitrogen and oxygen atoms in total. The molecule has 1 unspecified atom stereocenters. The SMILES string of the molecule is CC(C)C(Br)C(=O)Nc1ccc(F)cc1[N+](=O)[O-]. The molecule has 0 heterocycles. The molecule has 7 heteroatoms. The molecule has 0 spiro atoms. The van der Waals surface area contributed by atoms with Gasteiger partial charge in [0.15, 0.2) is 0 Å². The fraction of sp³-hybridized carbons (Fsp3) is 0.364. The quantitative estimate of drug-likeness (QED) is 0.526. The van der Waals surface area contributed by atoms with Gasteiger partial charge in [-0.2, -0.15) is 0 Å². The zero-order chi connectivity index (χ0) is 13.9. The molecule has 0 saturated heterocycles. The highest BCUT2D eigenvalue weighted by Gasteiger charge is 2.22. The summed E-state index contributed by atoms with van der Waals surface area (Å²) in [5.41, 5.74) is -0.483. The Balaban J connectivity index is 2.98. The summed E-state index contributed by atoms with van der Waals surface area (Å²) >= 11 is 3.19. The summed E-state index contributed by atoms with van der Waals surface area (Å²) in [4.78, 5) is 21.3. The van der Waals surface area contributed by atoms with E-state index >= 15 is 0 Å². The summed E-state index contributed by atoms with van der Waals surface area (Å²) < 4.78 is 12.9. The molecule has 1 N–H and O–H groups in total. The predicted octanol–water partition coefficient (Wildman–Crippen LogP) is 3.09. The predicted molar refractivity (Wildman–Crippen MR) is 69.2 cm³/mol. The number of nitro benzene ring substituents is 1. The van der Waals surface area contributed by atoms with Crippen molar-refractivity contribution in [2.75, 3.05) is 5.32 Å². The van der Waals surface area contributed by atoms with E-state index in [0.29, 0.717) is 0 Å². The largest absolute Gasteiger partial charge is 0.319 e. The number of alkyl halides is 1. The smallest absolute Gasteiger partial charge is 0.295 e. The van der Waals surface area contributed by atoms with E-state index in [1.807, 2.05) is 13.8 Å². The van der Waals surface area contributed by atoms with E-state index in [2.05, 4.69) is 21.2 Å². The molecule has 18 heavy (non-hydrogen) atoms. The number of halogens is 2. The second-order valence-electron chi connectivity index (χ2n) is 4.05. The van der Waals surface area contributed by atoms with Crippen molar-refractivity contribution in [2.45, 2.75) is 18.7 Å². The topological polar surface area (TPSA) is 72.2 Å². The highest BCUT2D eigenvalue weighted by molar-refractivity contribution is 9.10. The molecule has 0 fully saturated rings. The second-order valence-corrected chi connectivity index (χ2v) is 5.04. The third-order valence-corrected chi connectivity index (χ3v) is 3.72. The van der Waals surface area contributed by atoms with Crippen molar-refractivity contribution in [2.24, 2.45) is 5.92 Å². The maximum atomic E-state index is 12.9. The number of amides is 1.